The van der Waals surface area contributed by atoms with E-state index in [-0.39, 0.29) is 29.2 Å². The Morgan fingerprint density at radius 2 is 1.83 bits per heavy atom. The van der Waals surface area contributed by atoms with Crippen molar-refractivity contribution in [1.82, 2.24) is 4.90 Å². The molecule has 1 heterocycles. The number of phenolic OH excluding ortho intramolecular Hbond substituents is 1. The van der Waals surface area contributed by atoms with Crippen LogP contribution in [0.2, 0.25) is 5.02 Å². The number of aliphatic hydroxyl groups is 1. The number of aliphatic hydroxyl groups excluding tert-OH is 1. The molecule has 1 atom stereocenters. The molecule has 1 amide bonds. The summed E-state index contributed by atoms with van der Waals surface area (Å²) in [5.41, 5.74) is 0.722. The third kappa shape index (κ3) is 4.13. The smallest absolute Gasteiger partial charge is 0.295 e. The summed E-state index contributed by atoms with van der Waals surface area (Å²) >= 11 is 6.08. The summed E-state index contributed by atoms with van der Waals surface area (Å²) in [4.78, 5) is 27.1. The summed E-state index contributed by atoms with van der Waals surface area (Å²) in [5, 5.41) is 21.1. The van der Waals surface area contributed by atoms with Crippen LogP contribution >= 0.6 is 11.6 Å². The number of ether oxygens (including phenoxy) is 2. The van der Waals surface area contributed by atoms with Gasteiger partial charge in [-0.15, -0.1) is 0 Å². The van der Waals surface area contributed by atoms with E-state index in [1.807, 2.05) is 0 Å². The van der Waals surface area contributed by atoms with Crippen molar-refractivity contribution in [3.8, 4) is 11.5 Å². The van der Waals surface area contributed by atoms with Gasteiger partial charge in [-0.2, -0.15) is 0 Å². The number of hydrogen-bond acceptors (Lipinski definition) is 6. The minimum absolute atomic E-state index is 0.0478. The van der Waals surface area contributed by atoms with E-state index in [1.165, 1.54) is 30.2 Å². The number of benzene rings is 2. The highest BCUT2D eigenvalue weighted by molar-refractivity contribution is 6.46. The van der Waals surface area contributed by atoms with Crippen LogP contribution in [0.15, 0.2) is 48.0 Å². The normalized spacial score (nSPS) is 18.1. The Bertz CT molecular complexity index is 986. The number of methoxy groups -OCH3 is 2. The van der Waals surface area contributed by atoms with Gasteiger partial charge in [0.25, 0.3) is 11.7 Å². The Morgan fingerprint density at radius 3 is 2.47 bits per heavy atom. The summed E-state index contributed by atoms with van der Waals surface area (Å²) in [5.74, 6) is -1.53. The maximum absolute atomic E-state index is 12.9. The standard InChI is InChI=1S/C22H22ClNO6/c1-29-11-3-10-24-19(13-4-7-15(25)8-5-13)18(21(27)22(24)28)20(26)16-12-14(23)6-9-17(16)30-2/h4-9,12,19,25-26H,3,10-11H2,1-2H3/b20-18+. The van der Waals surface area contributed by atoms with Crippen LogP contribution in [0, 0.1) is 0 Å². The molecule has 1 fully saturated rings. The van der Waals surface area contributed by atoms with Gasteiger partial charge in [0.1, 0.15) is 17.3 Å². The lowest BCUT2D eigenvalue weighted by Crippen LogP contribution is -2.31. The first-order chi connectivity index (χ1) is 14.4. The molecule has 1 aliphatic rings. The fourth-order valence-electron chi connectivity index (χ4n) is 3.50. The highest BCUT2D eigenvalue weighted by Crippen LogP contribution is 2.41. The zero-order valence-corrected chi connectivity index (χ0v) is 17.3. The fraction of sp³-hybridized carbons (Fsp3) is 0.273. The number of aromatic hydroxyl groups is 1. The van der Waals surface area contributed by atoms with Gasteiger partial charge >= 0.3 is 0 Å². The first kappa shape index (κ1) is 21.7. The zero-order valence-electron chi connectivity index (χ0n) is 16.6. The summed E-state index contributed by atoms with van der Waals surface area (Å²) in [7, 11) is 2.98. The van der Waals surface area contributed by atoms with E-state index < -0.39 is 17.7 Å². The molecule has 1 saturated heterocycles. The Kier molecular flexibility index (Phi) is 6.64. The predicted octanol–water partition coefficient (Wildman–Crippen LogP) is 3.51. The predicted molar refractivity (Wildman–Crippen MR) is 112 cm³/mol. The van der Waals surface area contributed by atoms with Gasteiger partial charge in [-0.1, -0.05) is 23.7 Å². The van der Waals surface area contributed by atoms with Crippen molar-refractivity contribution in [2.45, 2.75) is 12.5 Å². The lowest BCUT2D eigenvalue weighted by Gasteiger charge is -2.25. The first-order valence-corrected chi connectivity index (χ1v) is 9.67. The second kappa shape index (κ2) is 9.19. The van der Waals surface area contributed by atoms with Gasteiger partial charge in [0.15, 0.2) is 0 Å². The van der Waals surface area contributed by atoms with Crippen LogP contribution in [0.1, 0.15) is 23.6 Å². The van der Waals surface area contributed by atoms with Crippen LogP contribution < -0.4 is 4.74 Å². The summed E-state index contributed by atoms with van der Waals surface area (Å²) in [6, 6.07) is 9.96. The molecule has 0 aliphatic carbocycles. The number of likely N-dealkylation sites (tertiary alicyclic amines) is 1. The molecule has 0 aromatic heterocycles. The van der Waals surface area contributed by atoms with E-state index in [0.717, 1.165) is 0 Å². The van der Waals surface area contributed by atoms with Gasteiger partial charge in [-0.25, -0.2) is 0 Å². The van der Waals surface area contributed by atoms with Crippen LogP contribution in [0.25, 0.3) is 5.76 Å². The van der Waals surface area contributed by atoms with Crippen molar-refractivity contribution in [3.05, 3.63) is 64.2 Å². The lowest BCUT2D eigenvalue weighted by molar-refractivity contribution is -0.140. The highest BCUT2D eigenvalue weighted by atomic mass is 35.5. The molecule has 3 rings (SSSR count). The lowest BCUT2D eigenvalue weighted by atomic mass is 9.95. The number of amides is 1. The van der Waals surface area contributed by atoms with Crippen LogP contribution in [-0.2, 0) is 14.3 Å². The maximum Gasteiger partial charge on any atom is 0.295 e. The second-order valence-corrected chi connectivity index (χ2v) is 7.21. The Labute approximate surface area is 179 Å². The monoisotopic (exact) mass is 431 g/mol. The molecule has 0 radical (unpaired) electrons. The molecule has 1 aliphatic heterocycles. The number of halogens is 1. The Balaban J connectivity index is 2.18. The number of carbonyl (C=O) groups excluding carboxylic acids is 2. The molecule has 2 aromatic carbocycles. The third-order valence-corrected chi connectivity index (χ3v) is 5.15. The van der Waals surface area contributed by atoms with E-state index >= 15 is 0 Å². The molecule has 2 aromatic rings. The number of hydrogen-bond donors (Lipinski definition) is 2. The van der Waals surface area contributed by atoms with E-state index in [0.29, 0.717) is 29.4 Å². The molecule has 0 bridgehead atoms. The molecule has 0 spiro atoms. The van der Waals surface area contributed by atoms with Gasteiger partial charge in [0.05, 0.1) is 24.3 Å². The van der Waals surface area contributed by atoms with Crippen LogP contribution in [0.5, 0.6) is 11.5 Å². The Morgan fingerprint density at radius 1 is 1.13 bits per heavy atom. The van der Waals surface area contributed by atoms with Gasteiger partial charge < -0.3 is 24.6 Å². The maximum atomic E-state index is 12.9. The molecule has 1 unspecified atom stereocenters. The largest absolute Gasteiger partial charge is 0.508 e. The average molecular weight is 432 g/mol. The summed E-state index contributed by atoms with van der Waals surface area (Å²) in [6.45, 7) is 0.667. The minimum Gasteiger partial charge on any atom is -0.508 e. The van der Waals surface area contributed by atoms with Crippen molar-refractivity contribution in [3.63, 3.8) is 0 Å². The molecular weight excluding hydrogens is 410 g/mol. The second-order valence-electron chi connectivity index (χ2n) is 6.77. The molecule has 158 valence electrons. The molecule has 30 heavy (non-hydrogen) atoms. The first-order valence-electron chi connectivity index (χ1n) is 9.29. The quantitative estimate of drug-likeness (QED) is 0.301. The van der Waals surface area contributed by atoms with E-state index in [4.69, 9.17) is 21.1 Å². The molecular formula is C22H22ClNO6. The van der Waals surface area contributed by atoms with Gasteiger partial charge in [-0.3, -0.25) is 9.59 Å². The van der Waals surface area contributed by atoms with Crippen molar-refractivity contribution in [1.29, 1.82) is 0 Å². The molecule has 0 saturated carbocycles. The van der Waals surface area contributed by atoms with E-state index in [1.54, 1.807) is 31.4 Å². The topological polar surface area (TPSA) is 96.3 Å². The number of rotatable bonds is 7. The number of phenols is 1. The van der Waals surface area contributed by atoms with Gasteiger partial charge in [0, 0.05) is 25.3 Å². The zero-order chi connectivity index (χ0) is 21.8. The SMILES string of the molecule is COCCCN1C(=O)C(=O)/C(=C(/O)c2cc(Cl)ccc2OC)C1c1ccc(O)cc1. The van der Waals surface area contributed by atoms with Crippen LogP contribution in [0.4, 0.5) is 0 Å². The highest BCUT2D eigenvalue weighted by Gasteiger charge is 2.46. The molecule has 7 nitrogen and oxygen atoms in total. The number of carbonyl (C=O) groups is 2. The van der Waals surface area contributed by atoms with Gasteiger partial charge in [-0.05, 0) is 42.3 Å². The van der Waals surface area contributed by atoms with Crippen molar-refractivity contribution < 1.29 is 29.3 Å². The molecule has 2 N–H and O–H groups in total. The average Bonchev–Trinajstić information content (AvgIpc) is 2.99. The van der Waals surface area contributed by atoms with E-state index in [2.05, 4.69) is 0 Å². The summed E-state index contributed by atoms with van der Waals surface area (Å²) in [6.07, 6.45) is 0.513. The van der Waals surface area contributed by atoms with Crippen LogP contribution in [-0.4, -0.2) is 54.2 Å². The number of Topliss-reactive ketones (excluding diaryl/α,β-unsaturated/α-hetero) is 1. The van der Waals surface area contributed by atoms with Crippen LogP contribution in [0.3, 0.4) is 0 Å². The summed E-state index contributed by atoms with van der Waals surface area (Å²) < 4.78 is 10.4. The minimum atomic E-state index is -0.828. The van der Waals surface area contributed by atoms with Crippen molar-refractivity contribution >= 4 is 29.1 Å². The fourth-order valence-corrected chi connectivity index (χ4v) is 3.68. The number of nitrogens with zero attached hydrogens (tertiary/aromatic N) is 1. The number of ketones is 1. The third-order valence-electron chi connectivity index (χ3n) is 4.91. The Hall–Kier alpha value is -3.03. The van der Waals surface area contributed by atoms with E-state index in [9.17, 15) is 19.8 Å². The van der Waals surface area contributed by atoms with Crippen molar-refractivity contribution in [2.24, 2.45) is 0 Å². The van der Waals surface area contributed by atoms with Gasteiger partial charge in [0.2, 0.25) is 0 Å². The molecule has 8 heteroatoms. The van der Waals surface area contributed by atoms with Crippen molar-refractivity contribution in [2.75, 3.05) is 27.4 Å².